The summed E-state index contributed by atoms with van der Waals surface area (Å²) in [7, 11) is 1.77. The van der Waals surface area contributed by atoms with Crippen LogP contribution in [0.1, 0.15) is 22.2 Å². The second kappa shape index (κ2) is 6.01. The lowest BCUT2D eigenvalue weighted by Gasteiger charge is -2.11. The summed E-state index contributed by atoms with van der Waals surface area (Å²) in [5, 5.41) is 16.7. The fraction of sp³-hybridized carbons (Fsp3) is 0.200. The van der Waals surface area contributed by atoms with Gasteiger partial charge < -0.3 is 15.4 Å². The predicted molar refractivity (Wildman–Crippen MR) is 82.9 cm³/mol. The first kappa shape index (κ1) is 14.9. The van der Waals surface area contributed by atoms with Crippen molar-refractivity contribution in [3.05, 3.63) is 58.3 Å². The Hall–Kier alpha value is -3.00. The highest BCUT2D eigenvalue weighted by molar-refractivity contribution is 5.96. The number of aliphatic hydroxyl groups excluding tert-OH is 1. The molecule has 3 rings (SSSR count). The first-order chi connectivity index (χ1) is 11.0. The number of rotatable bonds is 4. The van der Waals surface area contributed by atoms with E-state index < -0.39 is 6.10 Å². The zero-order valence-electron chi connectivity index (χ0n) is 12.4. The van der Waals surface area contributed by atoms with Gasteiger partial charge in [-0.15, -0.1) is 0 Å². The summed E-state index contributed by atoms with van der Waals surface area (Å²) in [6.07, 6.45) is 2.07. The number of nitrogens with zero attached hydrogens (tertiary/aromatic N) is 3. The molecule has 3 heterocycles. The van der Waals surface area contributed by atoms with Gasteiger partial charge in [-0.05, 0) is 12.1 Å². The van der Waals surface area contributed by atoms with Gasteiger partial charge in [0, 0.05) is 31.5 Å². The highest BCUT2D eigenvalue weighted by Gasteiger charge is 2.13. The number of pyridine rings is 2. The zero-order valence-corrected chi connectivity index (χ0v) is 12.4. The third kappa shape index (κ3) is 3.11. The molecule has 1 amide bonds. The van der Waals surface area contributed by atoms with Crippen LogP contribution in [0.4, 0.5) is 0 Å². The fourth-order valence-electron chi connectivity index (χ4n) is 2.21. The van der Waals surface area contributed by atoms with E-state index in [1.54, 1.807) is 36.1 Å². The second-order valence-corrected chi connectivity index (χ2v) is 5.09. The average Bonchev–Trinajstić information content (AvgIpc) is 2.93. The topological polar surface area (TPSA) is 113 Å². The van der Waals surface area contributed by atoms with Gasteiger partial charge in [-0.2, -0.15) is 5.10 Å². The number of H-pyrrole nitrogens is 1. The number of hydrogen-bond donors (Lipinski definition) is 3. The van der Waals surface area contributed by atoms with Gasteiger partial charge in [-0.25, -0.2) is 0 Å². The molecule has 8 nitrogen and oxygen atoms in total. The number of amides is 1. The van der Waals surface area contributed by atoms with Crippen molar-refractivity contribution in [1.82, 2.24) is 25.1 Å². The van der Waals surface area contributed by atoms with Crippen molar-refractivity contribution in [1.29, 1.82) is 0 Å². The minimum absolute atomic E-state index is 0.0256. The maximum atomic E-state index is 12.2. The Bertz CT molecular complexity index is 915. The molecule has 1 unspecified atom stereocenters. The van der Waals surface area contributed by atoms with Crippen LogP contribution < -0.4 is 10.9 Å². The van der Waals surface area contributed by atoms with E-state index in [9.17, 15) is 14.7 Å². The molecule has 0 aliphatic rings. The average molecular weight is 313 g/mol. The largest absolute Gasteiger partial charge is 0.385 e. The number of fused-ring (bicyclic) bond motifs is 1. The summed E-state index contributed by atoms with van der Waals surface area (Å²) < 4.78 is 1.63. The molecule has 0 radical (unpaired) electrons. The lowest BCUT2D eigenvalue weighted by atomic mass is 10.2. The lowest BCUT2D eigenvalue weighted by Crippen LogP contribution is -2.29. The molecule has 118 valence electrons. The molecular weight excluding hydrogens is 298 g/mol. The van der Waals surface area contributed by atoms with Crippen molar-refractivity contribution in [2.75, 3.05) is 6.54 Å². The van der Waals surface area contributed by atoms with Gasteiger partial charge in [0.1, 0.15) is 11.6 Å². The molecule has 0 aliphatic heterocycles. The number of aliphatic hydroxyl groups is 1. The molecular formula is C15H15N5O3. The molecule has 0 fully saturated rings. The third-order valence-electron chi connectivity index (χ3n) is 3.47. The first-order valence-corrected chi connectivity index (χ1v) is 6.98. The van der Waals surface area contributed by atoms with E-state index in [2.05, 4.69) is 20.4 Å². The van der Waals surface area contributed by atoms with Crippen molar-refractivity contribution >= 4 is 16.9 Å². The van der Waals surface area contributed by atoms with Crippen molar-refractivity contribution in [2.24, 2.45) is 7.05 Å². The second-order valence-electron chi connectivity index (χ2n) is 5.09. The third-order valence-corrected chi connectivity index (χ3v) is 3.47. The Morgan fingerprint density at radius 2 is 2.26 bits per heavy atom. The fourth-order valence-corrected chi connectivity index (χ4v) is 2.21. The van der Waals surface area contributed by atoms with Gasteiger partial charge in [-0.3, -0.25) is 19.3 Å². The molecule has 3 aromatic heterocycles. The number of hydrogen-bond acceptors (Lipinski definition) is 5. The van der Waals surface area contributed by atoms with Crippen LogP contribution in [0, 0.1) is 0 Å². The SMILES string of the molecule is Cn1ncc2ncc(C(=O)NCC(O)c3cccc(=O)[nH]3)cc21. The Kier molecular flexibility index (Phi) is 3.90. The Balaban J connectivity index is 1.70. The van der Waals surface area contributed by atoms with E-state index in [0.717, 1.165) is 5.52 Å². The molecule has 0 aromatic carbocycles. The number of carbonyl (C=O) groups is 1. The summed E-state index contributed by atoms with van der Waals surface area (Å²) >= 11 is 0. The van der Waals surface area contributed by atoms with Crippen LogP contribution in [0.15, 0.2) is 41.5 Å². The predicted octanol–water partition coefficient (Wildman–Crippen LogP) is 0.120. The molecule has 0 aliphatic carbocycles. The van der Waals surface area contributed by atoms with Crippen molar-refractivity contribution in [3.8, 4) is 0 Å². The van der Waals surface area contributed by atoms with Crippen LogP contribution in [-0.4, -0.2) is 37.3 Å². The number of carbonyl (C=O) groups excluding carboxylic acids is 1. The normalized spacial score (nSPS) is 12.3. The quantitative estimate of drug-likeness (QED) is 0.633. The molecule has 0 spiro atoms. The van der Waals surface area contributed by atoms with Gasteiger partial charge in [0.25, 0.3) is 5.91 Å². The number of nitrogens with one attached hydrogen (secondary N) is 2. The molecule has 3 N–H and O–H groups in total. The zero-order chi connectivity index (χ0) is 16.4. The van der Waals surface area contributed by atoms with Crippen molar-refractivity contribution in [2.45, 2.75) is 6.10 Å². The lowest BCUT2D eigenvalue weighted by molar-refractivity contribution is 0.0914. The van der Waals surface area contributed by atoms with Gasteiger partial charge >= 0.3 is 0 Å². The van der Waals surface area contributed by atoms with E-state index >= 15 is 0 Å². The van der Waals surface area contributed by atoms with Crippen LogP contribution in [0.25, 0.3) is 11.0 Å². The maximum Gasteiger partial charge on any atom is 0.253 e. The van der Waals surface area contributed by atoms with Crippen LogP contribution in [-0.2, 0) is 7.05 Å². The van der Waals surface area contributed by atoms with Crippen LogP contribution >= 0.6 is 0 Å². The highest BCUT2D eigenvalue weighted by atomic mass is 16.3. The molecule has 23 heavy (non-hydrogen) atoms. The Labute approximate surface area is 130 Å². The summed E-state index contributed by atoms with van der Waals surface area (Å²) in [4.78, 5) is 30.1. The molecule has 1 atom stereocenters. The minimum atomic E-state index is -0.999. The highest BCUT2D eigenvalue weighted by Crippen LogP contribution is 2.12. The summed E-state index contributed by atoms with van der Waals surface area (Å²) in [5.41, 5.74) is 1.85. The van der Waals surface area contributed by atoms with Crippen molar-refractivity contribution < 1.29 is 9.90 Å². The summed E-state index contributed by atoms with van der Waals surface area (Å²) in [6, 6.07) is 6.16. The van der Waals surface area contributed by atoms with Crippen LogP contribution in [0.5, 0.6) is 0 Å². The maximum absolute atomic E-state index is 12.2. The number of aromatic nitrogens is 4. The Morgan fingerprint density at radius 1 is 1.43 bits per heavy atom. The van der Waals surface area contributed by atoms with Crippen LogP contribution in [0.3, 0.4) is 0 Å². The van der Waals surface area contributed by atoms with E-state index in [1.165, 1.54) is 12.3 Å². The summed E-state index contributed by atoms with van der Waals surface area (Å²) in [5.74, 6) is -0.363. The summed E-state index contributed by atoms with van der Waals surface area (Å²) in [6.45, 7) is -0.0256. The van der Waals surface area contributed by atoms with E-state index in [1.807, 2.05) is 0 Å². The van der Waals surface area contributed by atoms with Crippen LogP contribution in [0.2, 0.25) is 0 Å². The Morgan fingerprint density at radius 3 is 3.04 bits per heavy atom. The standard InChI is InChI=1S/C15H15N5O3/c1-20-12-5-9(6-16-11(12)7-18-20)15(23)17-8-13(21)10-3-2-4-14(22)19-10/h2-7,13,21H,8H2,1H3,(H,17,23)(H,19,22). The van der Waals surface area contributed by atoms with Crippen molar-refractivity contribution in [3.63, 3.8) is 0 Å². The van der Waals surface area contributed by atoms with E-state index in [0.29, 0.717) is 16.8 Å². The molecule has 0 saturated carbocycles. The van der Waals surface area contributed by atoms with Gasteiger partial charge in [0.2, 0.25) is 5.56 Å². The molecule has 8 heteroatoms. The first-order valence-electron chi connectivity index (χ1n) is 6.98. The molecule has 0 bridgehead atoms. The smallest absolute Gasteiger partial charge is 0.253 e. The van der Waals surface area contributed by atoms with Gasteiger partial charge in [0.15, 0.2) is 0 Å². The van der Waals surface area contributed by atoms with E-state index in [4.69, 9.17) is 0 Å². The number of aryl methyl sites for hydroxylation is 1. The molecule has 0 saturated heterocycles. The van der Waals surface area contributed by atoms with Gasteiger partial charge in [-0.1, -0.05) is 6.07 Å². The monoisotopic (exact) mass is 313 g/mol. The van der Waals surface area contributed by atoms with E-state index in [-0.39, 0.29) is 18.0 Å². The number of aromatic amines is 1. The molecule has 3 aromatic rings. The minimum Gasteiger partial charge on any atom is -0.385 e. The van der Waals surface area contributed by atoms with Gasteiger partial charge in [0.05, 0.1) is 17.3 Å².